The zero-order valence-corrected chi connectivity index (χ0v) is 13.6. The maximum atomic E-state index is 12.3. The van der Waals surface area contributed by atoms with Crippen molar-refractivity contribution in [3.63, 3.8) is 0 Å². The minimum Gasteiger partial charge on any atom is -0.347 e. The van der Waals surface area contributed by atoms with Gasteiger partial charge in [-0.2, -0.15) is 0 Å². The molecule has 25 heavy (non-hydrogen) atoms. The van der Waals surface area contributed by atoms with Crippen LogP contribution < -0.4 is 4.90 Å². The van der Waals surface area contributed by atoms with Gasteiger partial charge in [-0.3, -0.25) is 14.9 Å². The van der Waals surface area contributed by atoms with E-state index < -0.39 is 4.92 Å². The van der Waals surface area contributed by atoms with Gasteiger partial charge in [-0.1, -0.05) is 30.3 Å². The van der Waals surface area contributed by atoms with Gasteiger partial charge < -0.3 is 9.80 Å². The fourth-order valence-electron chi connectivity index (χ4n) is 2.75. The minimum atomic E-state index is -0.428. The Balaban J connectivity index is 1.61. The van der Waals surface area contributed by atoms with Gasteiger partial charge in [0.05, 0.1) is 4.92 Å². The largest absolute Gasteiger partial charge is 0.347 e. The number of hydrogen-bond donors (Lipinski definition) is 0. The number of benzene rings is 1. The van der Waals surface area contributed by atoms with Gasteiger partial charge in [0.25, 0.3) is 0 Å². The lowest BCUT2D eigenvalue weighted by molar-refractivity contribution is -0.384. The van der Waals surface area contributed by atoms with Crippen molar-refractivity contribution in [3.05, 3.63) is 70.4 Å². The Hall–Kier alpha value is -3.22. The standard InChI is InChI=1S/C18H18N4O3/c23-17(9-8-15-5-2-1-3-6-15)20-11-13-21(14-12-20)18-16(22(24)25)7-4-10-19-18/h1-10H,11-14H2/b9-8+. The van der Waals surface area contributed by atoms with Gasteiger partial charge in [0, 0.05) is 44.5 Å². The van der Waals surface area contributed by atoms with Crippen LogP contribution in [0.2, 0.25) is 0 Å². The van der Waals surface area contributed by atoms with Gasteiger partial charge in [0.2, 0.25) is 11.7 Å². The van der Waals surface area contributed by atoms with E-state index in [1.807, 2.05) is 35.2 Å². The molecule has 3 rings (SSSR count). The highest BCUT2D eigenvalue weighted by Gasteiger charge is 2.25. The monoisotopic (exact) mass is 338 g/mol. The van der Waals surface area contributed by atoms with E-state index in [9.17, 15) is 14.9 Å². The molecule has 0 radical (unpaired) electrons. The molecule has 2 aromatic rings. The summed E-state index contributed by atoms with van der Waals surface area (Å²) in [5, 5.41) is 11.1. The number of pyridine rings is 1. The van der Waals surface area contributed by atoms with Gasteiger partial charge in [0.1, 0.15) is 0 Å². The molecular formula is C18H18N4O3. The summed E-state index contributed by atoms with van der Waals surface area (Å²) in [7, 11) is 0. The van der Waals surface area contributed by atoms with E-state index in [1.165, 1.54) is 6.07 Å². The summed E-state index contributed by atoms with van der Waals surface area (Å²) in [6.45, 7) is 2.04. The average Bonchev–Trinajstić information content (AvgIpc) is 2.67. The quantitative estimate of drug-likeness (QED) is 0.486. The first kappa shape index (κ1) is 16.6. The Morgan fingerprint density at radius 1 is 1.08 bits per heavy atom. The van der Waals surface area contributed by atoms with Crippen LogP contribution in [0, 0.1) is 10.1 Å². The van der Waals surface area contributed by atoms with Gasteiger partial charge in [-0.05, 0) is 17.7 Å². The molecule has 0 N–H and O–H groups in total. The highest BCUT2D eigenvalue weighted by molar-refractivity contribution is 5.92. The van der Waals surface area contributed by atoms with Crippen molar-refractivity contribution in [2.24, 2.45) is 0 Å². The van der Waals surface area contributed by atoms with E-state index in [0.29, 0.717) is 32.0 Å². The second-order valence-electron chi connectivity index (χ2n) is 5.66. The van der Waals surface area contributed by atoms with Gasteiger partial charge in [0.15, 0.2) is 0 Å². The van der Waals surface area contributed by atoms with E-state index >= 15 is 0 Å². The van der Waals surface area contributed by atoms with Crippen molar-refractivity contribution in [3.8, 4) is 0 Å². The molecule has 0 unspecified atom stereocenters. The number of amides is 1. The molecule has 2 heterocycles. The Bertz CT molecular complexity index is 784. The molecule has 1 amide bonds. The van der Waals surface area contributed by atoms with Crippen molar-refractivity contribution < 1.29 is 9.72 Å². The van der Waals surface area contributed by atoms with Crippen LogP contribution in [-0.4, -0.2) is 46.9 Å². The lowest BCUT2D eigenvalue weighted by Gasteiger charge is -2.34. The van der Waals surface area contributed by atoms with E-state index in [4.69, 9.17) is 0 Å². The zero-order valence-electron chi connectivity index (χ0n) is 13.6. The van der Waals surface area contributed by atoms with Gasteiger partial charge >= 0.3 is 5.69 Å². The van der Waals surface area contributed by atoms with Crippen molar-refractivity contribution in [1.82, 2.24) is 9.88 Å². The number of carbonyl (C=O) groups is 1. The summed E-state index contributed by atoms with van der Waals surface area (Å²) in [5.74, 6) is 0.304. The predicted molar refractivity (Wildman–Crippen MR) is 95.2 cm³/mol. The highest BCUT2D eigenvalue weighted by atomic mass is 16.6. The smallest absolute Gasteiger partial charge is 0.311 e. The maximum absolute atomic E-state index is 12.3. The van der Waals surface area contributed by atoms with Crippen LogP contribution >= 0.6 is 0 Å². The first-order valence-electron chi connectivity index (χ1n) is 8.01. The molecule has 1 saturated heterocycles. The third-order valence-corrected chi connectivity index (χ3v) is 4.07. The third kappa shape index (κ3) is 4.00. The van der Waals surface area contributed by atoms with E-state index in [0.717, 1.165) is 5.56 Å². The van der Waals surface area contributed by atoms with Crippen LogP contribution in [0.1, 0.15) is 5.56 Å². The number of aromatic nitrogens is 1. The minimum absolute atomic E-state index is 0.00810. The molecule has 0 saturated carbocycles. The Kier molecular flexibility index (Phi) is 5.03. The second-order valence-corrected chi connectivity index (χ2v) is 5.66. The van der Waals surface area contributed by atoms with Crippen LogP contribution in [0.4, 0.5) is 11.5 Å². The zero-order chi connectivity index (χ0) is 17.6. The number of carbonyl (C=O) groups excluding carboxylic acids is 1. The molecule has 0 atom stereocenters. The van der Waals surface area contributed by atoms with Crippen LogP contribution in [0.25, 0.3) is 6.08 Å². The molecule has 0 spiro atoms. The Morgan fingerprint density at radius 2 is 1.80 bits per heavy atom. The number of anilines is 1. The number of rotatable bonds is 4. The fraction of sp³-hybridized carbons (Fsp3) is 0.222. The average molecular weight is 338 g/mol. The fourth-order valence-corrected chi connectivity index (χ4v) is 2.75. The third-order valence-electron chi connectivity index (χ3n) is 4.07. The number of nitrogens with zero attached hydrogens (tertiary/aromatic N) is 4. The number of hydrogen-bond acceptors (Lipinski definition) is 5. The maximum Gasteiger partial charge on any atom is 0.311 e. The van der Waals surface area contributed by atoms with Crippen molar-refractivity contribution in [2.45, 2.75) is 0 Å². The predicted octanol–water partition coefficient (Wildman–Crippen LogP) is 2.35. The molecule has 1 aliphatic heterocycles. The first-order valence-corrected chi connectivity index (χ1v) is 8.01. The van der Waals surface area contributed by atoms with Crippen molar-refractivity contribution >= 4 is 23.5 Å². The van der Waals surface area contributed by atoms with Crippen LogP contribution in [0.3, 0.4) is 0 Å². The van der Waals surface area contributed by atoms with Gasteiger partial charge in [-0.15, -0.1) is 0 Å². The summed E-state index contributed by atoms with van der Waals surface area (Å²) in [6.07, 6.45) is 4.90. The van der Waals surface area contributed by atoms with E-state index in [1.54, 1.807) is 29.3 Å². The summed E-state index contributed by atoms with van der Waals surface area (Å²) in [6, 6.07) is 12.6. The number of piperazine rings is 1. The van der Waals surface area contributed by atoms with Crippen molar-refractivity contribution in [1.29, 1.82) is 0 Å². The van der Waals surface area contributed by atoms with Crippen LogP contribution in [0.15, 0.2) is 54.7 Å². The SMILES string of the molecule is O=C(/C=C/c1ccccc1)N1CCN(c2ncccc2[N+](=O)[O-])CC1. The molecule has 0 aliphatic carbocycles. The first-order chi connectivity index (χ1) is 12.1. The number of nitro groups is 1. The molecule has 7 heteroatoms. The molecule has 1 aromatic carbocycles. The molecule has 0 bridgehead atoms. The van der Waals surface area contributed by atoms with Crippen LogP contribution in [0.5, 0.6) is 0 Å². The van der Waals surface area contributed by atoms with Crippen LogP contribution in [-0.2, 0) is 4.79 Å². The summed E-state index contributed by atoms with van der Waals surface area (Å²) in [4.78, 5) is 30.7. The Labute approximate surface area is 145 Å². The summed E-state index contributed by atoms with van der Waals surface area (Å²) in [5.41, 5.74) is 0.963. The van der Waals surface area contributed by atoms with E-state index in [-0.39, 0.29) is 11.6 Å². The lowest BCUT2D eigenvalue weighted by atomic mass is 10.2. The van der Waals surface area contributed by atoms with E-state index in [2.05, 4.69) is 4.98 Å². The molecule has 7 nitrogen and oxygen atoms in total. The molecular weight excluding hydrogens is 320 g/mol. The van der Waals surface area contributed by atoms with Gasteiger partial charge in [-0.25, -0.2) is 4.98 Å². The topological polar surface area (TPSA) is 79.6 Å². The Morgan fingerprint density at radius 3 is 2.48 bits per heavy atom. The normalized spacial score (nSPS) is 14.7. The highest BCUT2D eigenvalue weighted by Crippen LogP contribution is 2.25. The summed E-state index contributed by atoms with van der Waals surface area (Å²) >= 11 is 0. The van der Waals surface area contributed by atoms with Crippen molar-refractivity contribution in [2.75, 3.05) is 31.1 Å². The lowest BCUT2D eigenvalue weighted by Crippen LogP contribution is -2.48. The molecule has 128 valence electrons. The molecule has 1 aliphatic rings. The molecule has 1 aromatic heterocycles. The second kappa shape index (κ2) is 7.57. The molecule has 1 fully saturated rings. The summed E-state index contributed by atoms with van der Waals surface area (Å²) < 4.78 is 0.